The van der Waals surface area contributed by atoms with E-state index >= 15 is 0 Å². The van der Waals surface area contributed by atoms with Crippen LogP contribution in [-0.2, 0) is 18.6 Å². The van der Waals surface area contributed by atoms with Crippen molar-refractivity contribution in [2.75, 3.05) is 0 Å². The second kappa shape index (κ2) is 9.32. The van der Waals surface area contributed by atoms with Crippen LogP contribution in [0, 0.1) is 12.2 Å². The molecule has 2 rings (SSSR count). The summed E-state index contributed by atoms with van der Waals surface area (Å²) in [6.45, 7) is 14.1. The number of halogens is 1. The Kier molecular flexibility index (Phi) is 10.5. The normalized spacial score (nSPS) is 16.5. The van der Waals surface area contributed by atoms with Crippen molar-refractivity contribution < 1.29 is 31.0 Å². The van der Waals surface area contributed by atoms with Crippen LogP contribution in [-0.4, -0.2) is 16.1 Å². The molecule has 0 aromatic heterocycles. The summed E-state index contributed by atoms with van der Waals surface area (Å²) in [5, 5.41) is 2.98. The molecule has 1 radical (unpaired) electrons. The molecule has 0 bridgehead atoms. The van der Waals surface area contributed by atoms with Gasteiger partial charge in [0.2, 0.25) is 0 Å². The topological polar surface area (TPSA) is 0 Å². The quantitative estimate of drug-likeness (QED) is 0.522. The first kappa shape index (κ1) is 22.5. The molecular formula is C16H26ClSi2V-. The Labute approximate surface area is 145 Å². The Morgan fingerprint density at radius 3 is 1.15 bits per heavy atom. The van der Waals surface area contributed by atoms with Crippen molar-refractivity contribution in [1.29, 1.82) is 0 Å². The molecule has 0 aliphatic heterocycles. The monoisotopic (exact) mass is 360 g/mol. The van der Waals surface area contributed by atoms with E-state index < -0.39 is 16.1 Å². The van der Waals surface area contributed by atoms with Crippen LogP contribution in [0.1, 0.15) is 12.8 Å². The molecule has 0 aromatic rings. The summed E-state index contributed by atoms with van der Waals surface area (Å²) >= 11 is 0. The van der Waals surface area contributed by atoms with Gasteiger partial charge in [-0.1, -0.05) is 39.3 Å². The molecule has 0 aromatic carbocycles. The molecule has 0 heterocycles. The van der Waals surface area contributed by atoms with E-state index in [1.807, 2.05) is 0 Å². The second-order valence-electron chi connectivity index (χ2n) is 6.89. The summed E-state index contributed by atoms with van der Waals surface area (Å²) in [5.41, 5.74) is 0. The molecule has 0 amide bonds. The van der Waals surface area contributed by atoms with Crippen molar-refractivity contribution in [2.24, 2.45) is 0 Å². The first-order chi connectivity index (χ1) is 8.21. The fourth-order valence-corrected chi connectivity index (χ4v) is 4.34. The van der Waals surface area contributed by atoms with Crippen LogP contribution in [0.2, 0.25) is 39.3 Å². The Morgan fingerprint density at radius 2 is 1.05 bits per heavy atom. The smallest absolute Gasteiger partial charge is 1.00 e. The average Bonchev–Trinajstić information content (AvgIpc) is 2.91. The number of allylic oxidation sites excluding steroid dienone is 8. The molecule has 2 aliphatic rings. The number of hydrogen-bond donors (Lipinski definition) is 0. The minimum atomic E-state index is -1.01. The molecule has 0 saturated heterocycles. The predicted molar refractivity (Wildman–Crippen MR) is 87.7 cm³/mol. The largest absolute Gasteiger partial charge is 2.00 e. The van der Waals surface area contributed by atoms with Crippen LogP contribution in [0.25, 0.3) is 0 Å². The molecule has 20 heavy (non-hydrogen) atoms. The van der Waals surface area contributed by atoms with Gasteiger partial charge in [0.25, 0.3) is 0 Å². The van der Waals surface area contributed by atoms with E-state index in [-0.39, 0.29) is 31.0 Å². The Balaban J connectivity index is 0. The molecule has 0 N–H and O–H groups in total. The summed E-state index contributed by atoms with van der Waals surface area (Å²) in [7, 11) is -2.01. The summed E-state index contributed by atoms with van der Waals surface area (Å²) in [6, 6.07) is 0. The van der Waals surface area contributed by atoms with Crippen molar-refractivity contribution >= 4 is 16.1 Å². The molecular weight excluding hydrogens is 335 g/mol. The Hall–Kier alpha value is 0.268. The fourth-order valence-electron chi connectivity index (χ4n) is 1.84. The van der Waals surface area contributed by atoms with Crippen LogP contribution < -0.4 is 12.4 Å². The van der Waals surface area contributed by atoms with Crippen LogP contribution in [0.3, 0.4) is 0 Å². The molecule has 0 fully saturated rings. The van der Waals surface area contributed by atoms with Gasteiger partial charge in [-0.2, -0.15) is 12.2 Å². The molecule has 0 atom stereocenters. The SMILES string of the molecule is C[Si](C)(C)C1=[C-]CC=C1.C[Si](C)(C)C1=[C-]CC=C1.[Cl-].[V+2]. The zero-order chi connectivity index (χ0) is 13.8. The third kappa shape index (κ3) is 7.89. The van der Waals surface area contributed by atoms with E-state index in [0.717, 1.165) is 12.8 Å². The first-order valence-corrected chi connectivity index (χ1v) is 13.8. The Morgan fingerprint density at radius 1 is 0.750 bits per heavy atom. The van der Waals surface area contributed by atoms with E-state index in [1.165, 1.54) is 10.4 Å². The van der Waals surface area contributed by atoms with Crippen LogP contribution in [0.4, 0.5) is 0 Å². The van der Waals surface area contributed by atoms with E-state index in [9.17, 15) is 0 Å². The molecule has 2 aliphatic carbocycles. The van der Waals surface area contributed by atoms with E-state index in [4.69, 9.17) is 0 Å². The van der Waals surface area contributed by atoms with Crippen LogP contribution >= 0.6 is 0 Å². The van der Waals surface area contributed by atoms with Gasteiger partial charge in [-0.3, -0.25) is 12.2 Å². The van der Waals surface area contributed by atoms with E-state index in [1.54, 1.807) is 0 Å². The number of hydrogen-bond acceptors (Lipinski definition) is 0. The first-order valence-electron chi connectivity index (χ1n) is 6.77. The molecule has 0 nitrogen and oxygen atoms in total. The average molecular weight is 361 g/mol. The maximum atomic E-state index is 3.36. The molecule has 0 saturated carbocycles. The van der Waals surface area contributed by atoms with Gasteiger partial charge in [0.15, 0.2) is 0 Å². The maximum absolute atomic E-state index is 3.36. The maximum Gasteiger partial charge on any atom is 2.00 e. The van der Waals surface area contributed by atoms with Gasteiger partial charge in [-0.25, -0.2) is 22.5 Å². The van der Waals surface area contributed by atoms with Crippen molar-refractivity contribution in [3.63, 3.8) is 0 Å². The van der Waals surface area contributed by atoms with Gasteiger partial charge in [-0.05, 0) is 0 Å². The van der Waals surface area contributed by atoms with Gasteiger partial charge in [-0.15, -0.1) is 12.8 Å². The summed E-state index contributed by atoms with van der Waals surface area (Å²) < 4.78 is 0. The molecule has 111 valence electrons. The van der Waals surface area contributed by atoms with Crippen molar-refractivity contribution in [3.8, 4) is 0 Å². The standard InChI is InChI=1S/2C8H13Si.ClH.V/c2*1-9(2,3)8-6-4-5-7-8;;/h2*4,6H,5H2,1-3H3;1H;/q2*-1;;+2/p-1. The minimum absolute atomic E-state index is 0. The van der Waals surface area contributed by atoms with E-state index in [0.29, 0.717) is 0 Å². The second-order valence-corrected chi connectivity index (χ2v) is 17.0. The third-order valence-corrected chi connectivity index (χ3v) is 6.92. The van der Waals surface area contributed by atoms with E-state index in [2.05, 4.69) is 75.7 Å². The zero-order valence-electron chi connectivity index (χ0n) is 13.5. The van der Waals surface area contributed by atoms with Crippen LogP contribution in [0.5, 0.6) is 0 Å². The van der Waals surface area contributed by atoms with Crippen LogP contribution in [0.15, 0.2) is 34.7 Å². The Bertz CT molecular complexity index is 367. The molecule has 4 heteroatoms. The van der Waals surface area contributed by atoms with Gasteiger partial charge >= 0.3 is 18.6 Å². The van der Waals surface area contributed by atoms with Crippen molar-refractivity contribution in [2.45, 2.75) is 52.1 Å². The molecule has 0 spiro atoms. The summed E-state index contributed by atoms with van der Waals surface area (Å²) in [6.07, 6.45) is 17.6. The fraction of sp³-hybridized carbons (Fsp3) is 0.500. The van der Waals surface area contributed by atoms with Crippen molar-refractivity contribution in [1.82, 2.24) is 0 Å². The zero-order valence-corrected chi connectivity index (χ0v) is 17.7. The minimum Gasteiger partial charge on any atom is -1.00 e. The van der Waals surface area contributed by atoms with Crippen molar-refractivity contribution in [3.05, 3.63) is 46.8 Å². The molecule has 0 unspecified atom stereocenters. The van der Waals surface area contributed by atoms with Gasteiger partial charge in [0.1, 0.15) is 0 Å². The number of rotatable bonds is 2. The summed E-state index contributed by atoms with van der Waals surface area (Å²) in [4.78, 5) is 0. The third-order valence-electron chi connectivity index (χ3n) is 3.01. The predicted octanol–water partition coefficient (Wildman–Crippen LogP) is 2.11. The summed E-state index contributed by atoms with van der Waals surface area (Å²) in [5.74, 6) is 0. The van der Waals surface area contributed by atoms with Gasteiger partial charge in [0.05, 0.1) is 0 Å². The van der Waals surface area contributed by atoms with Gasteiger partial charge < -0.3 is 12.4 Å². The van der Waals surface area contributed by atoms with Gasteiger partial charge in [0, 0.05) is 16.1 Å².